The van der Waals surface area contributed by atoms with E-state index in [1.54, 1.807) is 6.92 Å². The van der Waals surface area contributed by atoms with Gasteiger partial charge in [0.2, 0.25) is 0 Å². The standard InChI is InChI=1S/C19H28N2O4/c1-12(2)17(3,11-20)21-15(22)9-25-16(23)18-5-13-4-14(6-18)8-19(24,7-13)10-18/h12-14,24H,4-10H2,1-3H3,(H,21,22)/t13-,14-,17+,18?,19?/m0/s1. The fourth-order valence-electron chi connectivity index (χ4n) is 5.36. The van der Waals surface area contributed by atoms with Crippen LogP contribution in [0.25, 0.3) is 0 Å². The van der Waals surface area contributed by atoms with Crippen LogP contribution in [-0.2, 0) is 14.3 Å². The smallest absolute Gasteiger partial charge is 0.312 e. The predicted molar refractivity (Wildman–Crippen MR) is 90.0 cm³/mol. The number of amides is 1. The van der Waals surface area contributed by atoms with E-state index < -0.39 is 22.5 Å². The van der Waals surface area contributed by atoms with Gasteiger partial charge in [-0.25, -0.2) is 0 Å². The number of ether oxygens (including phenoxy) is 1. The van der Waals surface area contributed by atoms with Crippen molar-refractivity contribution in [3.63, 3.8) is 0 Å². The minimum atomic E-state index is -0.987. The van der Waals surface area contributed by atoms with Crippen LogP contribution in [0.2, 0.25) is 0 Å². The molecule has 0 aromatic carbocycles. The molecule has 0 radical (unpaired) electrons. The highest BCUT2D eigenvalue weighted by Crippen LogP contribution is 2.61. The van der Waals surface area contributed by atoms with Crippen LogP contribution in [0.5, 0.6) is 0 Å². The Labute approximate surface area is 148 Å². The Balaban J connectivity index is 1.60. The summed E-state index contributed by atoms with van der Waals surface area (Å²) in [6.07, 6.45) is 4.63. The number of hydrogen-bond donors (Lipinski definition) is 2. The summed E-state index contributed by atoms with van der Waals surface area (Å²) in [5.41, 5.74) is -2.35. The first-order chi connectivity index (χ1) is 11.6. The van der Waals surface area contributed by atoms with Crippen molar-refractivity contribution in [3.8, 4) is 6.07 Å². The fraction of sp³-hybridized carbons (Fsp3) is 0.842. The topological polar surface area (TPSA) is 99.4 Å². The van der Waals surface area contributed by atoms with Crippen LogP contribution < -0.4 is 5.32 Å². The van der Waals surface area contributed by atoms with E-state index in [1.807, 2.05) is 13.8 Å². The molecule has 0 saturated heterocycles. The largest absolute Gasteiger partial charge is 0.455 e. The van der Waals surface area contributed by atoms with Gasteiger partial charge in [-0.3, -0.25) is 9.59 Å². The Kier molecular flexibility index (Phi) is 4.35. The summed E-state index contributed by atoms with van der Waals surface area (Å²) in [6.45, 7) is 4.99. The van der Waals surface area contributed by atoms with E-state index in [0.29, 0.717) is 18.3 Å². The quantitative estimate of drug-likeness (QED) is 0.740. The van der Waals surface area contributed by atoms with Gasteiger partial charge in [-0.1, -0.05) is 13.8 Å². The van der Waals surface area contributed by atoms with Gasteiger partial charge < -0.3 is 15.2 Å². The maximum absolute atomic E-state index is 12.7. The number of aliphatic hydroxyl groups is 1. The van der Waals surface area contributed by atoms with Crippen molar-refractivity contribution in [2.24, 2.45) is 23.2 Å². The molecular weight excluding hydrogens is 320 g/mol. The zero-order chi connectivity index (χ0) is 18.5. The maximum Gasteiger partial charge on any atom is 0.312 e. The third kappa shape index (κ3) is 3.27. The number of nitriles is 1. The summed E-state index contributed by atoms with van der Waals surface area (Å²) >= 11 is 0. The molecule has 25 heavy (non-hydrogen) atoms. The van der Waals surface area contributed by atoms with E-state index in [4.69, 9.17) is 4.74 Å². The number of rotatable bonds is 5. The molecule has 6 nitrogen and oxygen atoms in total. The third-order valence-electron chi connectivity index (χ3n) is 6.58. The van der Waals surface area contributed by atoms with Gasteiger partial charge in [-0.15, -0.1) is 0 Å². The van der Waals surface area contributed by atoms with E-state index in [-0.39, 0.29) is 18.5 Å². The monoisotopic (exact) mass is 348 g/mol. The molecule has 4 fully saturated rings. The molecule has 138 valence electrons. The predicted octanol–water partition coefficient (Wildman–Crippen LogP) is 1.92. The van der Waals surface area contributed by atoms with E-state index in [0.717, 1.165) is 32.1 Å². The zero-order valence-corrected chi connectivity index (χ0v) is 15.3. The molecule has 4 bridgehead atoms. The van der Waals surface area contributed by atoms with E-state index in [1.165, 1.54) is 0 Å². The summed E-state index contributed by atoms with van der Waals surface area (Å²) < 4.78 is 5.33. The molecule has 0 unspecified atom stereocenters. The van der Waals surface area contributed by atoms with Gasteiger partial charge in [0.25, 0.3) is 5.91 Å². The lowest BCUT2D eigenvalue weighted by Gasteiger charge is -2.58. The molecule has 3 atom stereocenters. The highest BCUT2D eigenvalue weighted by atomic mass is 16.5. The first-order valence-electron chi connectivity index (χ1n) is 9.22. The SMILES string of the molecule is CC(C)[C@@](C)(C#N)NC(=O)COC(=O)C12C[C@@H]3C[C@H](CC(O)(C3)C1)C2. The zero-order valence-electron chi connectivity index (χ0n) is 15.3. The molecule has 0 aromatic heterocycles. The number of hydrogen-bond acceptors (Lipinski definition) is 5. The summed E-state index contributed by atoms with van der Waals surface area (Å²) in [6, 6.07) is 2.10. The highest BCUT2D eigenvalue weighted by Gasteiger charge is 2.60. The molecule has 0 spiro atoms. The van der Waals surface area contributed by atoms with Crippen LogP contribution >= 0.6 is 0 Å². The molecule has 0 aliphatic heterocycles. The van der Waals surface area contributed by atoms with Gasteiger partial charge in [-0.2, -0.15) is 5.26 Å². The Hall–Kier alpha value is -1.61. The molecule has 0 heterocycles. The minimum Gasteiger partial charge on any atom is -0.455 e. The van der Waals surface area contributed by atoms with Crippen LogP contribution in [0.15, 0.2) is 0 Å². The van der Waals surface area contributed by atoms with Gasteiger partial charge in [0.15, 0.2) is 6.61 Å². The summed E-state index contributed by atoms with van der Waals surface area (Å²) in [4.78, 5) is 24.9. The van der Waals surface area contributed by atoms with E-state index >= 15 is 0 Å². The fourth-order valence-corrected chi connectivity index (χ4v) is 5.36. The van der Waals surface area contributed by atoms with Gasteiger partial charge in [-0.05, 0) is 63.2 Å². The molecule has 4 saturated carbocycles. The molecule has 0 aromatic rings. The number of nitrogens with zero attached hydrogens (tertiary/aromatic N) is 1. The minimum absolute atomic E-state index is 0.0606. The van der Waals surface area contributed by atoms with Crippen molar-refractivity contribution in [1.29, 1.82) is 5.26 Å². The third-order valence-corrected chi connectivity index (χ3v) is 6.58. The lowest BCUT2D eigenvalue weighted by Crippen LogP contribution is -2.58. The normalized spacial score (nSPS) is 38.1. The van der Waals surface area contributed by atoms with E-state index in [2.05, 4.69) is 11.4 Å². The summed E-state index contributed by atoms with van der Waals surface area (Å²) in [5.74, 6) is -0.117. The van der Waals surface area contributed by atoms with Crippen LogP contribution in [0.4, 0.5) is 0 Å². The second-order valence-corrected chi connectivity index (χ2v) is 9.06. The van der Waals surface area contributed by atoms with Crippen molar-refractivity contribution in [3.05, 3.63) is 0 Å². The number of nitrogens with one attached hydrogen (secondary N) is 1. The van der Waals surface area contributed by atoms with Gasteiger partial charge >= 0.3 is 5.97 Å². The first kappa shape index (κ1) is 18.2. The second kappa shape index (κ2) is 5.98. The van der Waals surface area contributed by atoms with Gasteiger partial charge in [0.1, 0.15) is 5.54 Å². The second-order valence-electron chi connectivity index (χ2n) is 9.06. The average molecular weight is 348 g/mol. The molecule has 1 amide bonds. The van der Waals surface area contributed by atoms with Crippen LogP contribution in [0.3, 0.4) is 0 Å². The first-order valence-corrected chi connectivity index (χ1v) is 9.22. The Morgan fingerprint density at radius 2 is 1.92 bits per heavy atom. The lowest BCUT2D eigenvalue weighted by molar-refractivity contribution is -0.196. The number of esters is 1. The molecule has 2 N–H and O–H groups in total. The van der Waals surface area contributed by atoms with Crippen molar-refractivity contribution in [2.45, 2.75) is 70.4 Å². The van der Waals surface area contributed by atoms with Crippen LogP contribution in [0.1, 0.15) is 59.3 Å². The number of carbonyl (C=O) groups excluding carboxylic acids is 2. The Bertz CT molecular complexity index is 609. The van der Waals surface area contributed by atoms with Gasteiger partial charge in [0.05, 0.1) is 17.1 Å². The van der Waals surface area contributed by atoms with E-state index in [9.17, 15) is 20.0 Å². The summed E-state index contributed by atoms with van der Waals surface area (Å²) in [7, 11) is 0. The highest BCUT2D eigenvalue weighted by molar-refractivity contribution is 5.83. The number of carbonyl (C=O) groups is 2. The van der Waals surface area contributed by atoms with Crippen LogP contribution in [-0.4, -0.2) is 34.7 Å². The molecule has 4 aliphatic carbocycles. The maximum atomic E-state index is 12.7. The van der Waals surface area contributed by atoms with Crippen molar-refractivity contribution in [1.82, 2.24) is 5.32 Å². The van der Waals surface area contributed by atoms with Crippen molar-refractivity contribution >= 4 is 11.9 Å². The summed E-state index contributed by atoms with van der Waals surface area (Å²) in [5, 5.41) is 22.6. The molecular formula is C19H28N2O4. The van der Waals surface area contributed by atoms with Crippen molar-refractivity contribution < 1.29 is 19.4 Å². The van der Waals surface area contributed by atoms with Crippen molar-refractivity contribution in [2.75, 3.05) is 6.61 Å². The van der Waals surface area contributed by atoms with Gasteiger partial charge in [0, 0.05) is 0 Å². The molecule has 4 rings (SSSR count). The molecule has 6 heteroatoms. The molecule has 4 aliphatic rings. The Morgan fingerprint density at radius 1 is 1.32 bits per heavy atom. The average Bonchev–Trinajstić information content (AvgIpc) is 2.49. The van der Waals surface area contributed by atoms with Crippen LogP contribution in [0, 0.1) is 34.5 Å². The lowest BCUT2D eigenvalue weighted by atomic mass is 9.48. The Morgan fingerprint density at radius 3 is 2.40 bits per heavy atom.